The summed E-state index contributed by atoms with van der Waals surface area (Å²) in [4.78, 5) is 6.20. The van der Waals surface area contributed by atoms with Gasteiger partial charge in [0.15, 0.2) is 0 Å². The summed E-state index contributed by atoms with van der Waals surface area (Å²) in [6, 6.07) is 9.59. The van der Waals surface area contributed by atoms with Crippen molar-refractivity contribution < 1.29 is 17.9 Å². The summed E-state index contributed by atoms with van der Waals surface area (Å²) in [6.07, 6.45) is 3.76. The molecule has 4 rings (SSSR count). The Labute approximate surface area is 164 Å². The number of nitrogens with two attached hydrogens (primary N) is 1. The first kappa shape index (κ1) is 18.6. The van der Waals surface area contributed by atoms with Gasteiger partial charge < -0.3 is 15.4 Å². The van der Waals surface area contributed by atoms with Crippen LogP contribution >= 0.6 is 0 Å². The van der Waals surface area contributed by atoms with E-state index in [0.717, 1.165) is 6.07 Å². The predicted molar refractivity (Wildman–Crippen MR) is 104 cm³/mol. The number of halogens is 3. The third-order valence-corrected chi connectivity index (χ3v) is 4.32. The molecule has 0 unspecified atom stereocenters. The Bertz CT molecular complexity index is 1060. The smallest absolute Gasteiger partial charge is 0.405 e. The molecule has 0 atom stereocenters. The van der Waals surface area contributed by atoms with Gasteiger partial charge >= 0.3 is 6.36 Å². The first-order valence-electron chi connectivity index (χ1n) is 8.66. The molecule has 9 heteroatoms. The predicted octanol–water partition coefficient (Wildman–Crippen LogP) is 4.23. The maximum Gasteiger partial charge on any atom is 0.573 e. The van der Waals surface area contributed by atoms with Gasteiger partial charge in [-0.3, -0.25) is 10.1 Å². The minimum Gasteiger partial charge on any atom is -0.405 e. The Balaban J connectivity index is 1.97. The zero-order valence-electron chi connectivity index (χ0n) is 15.0. The number of aromatic nitrogens is 3. The molecule has 1 aliphatic heterocycles. The number of rotatable bonds is 4. The number of hydrogen-bond acceptors (Lipinski definition) is 5. The van der Waals surface area contributed by atoms with Gasteiger partial charge in [-0.25, -0.2) is 0 Å². The van der Waals surface area contributed by atoms with Crippen LogP contribution < -0.4 is 15.4 Å². The largest absolute Gasteiger partial charge is 0.573 e. The normalized spacial score (nSPS) is 14.4. The topological polar surface area (TPSA) is 80.1 Å². The van der Waals surface area contributed by atoms with Crippen LogP contribution in [0.2, 0.25) is 0 Å². The van der Waals surface area contributed by atoms with Crippen LogP contribution in [0.3, 0.4) is 0 Å². The molecule has 0 saturated carbocycles. The summed E-state index contributed by atoms with van der Waals surface area (Å²) >= 11 is 0. The quantitative estimate of drug-likeness (QED) is 0.642. The van der Waals surface area contributed by atoms with Crippen molar-refractivity contribution in [3.8, 4) is 5.75 Å². The van der Waals surface area contributed by atoms with E-state index < -0.39 is 6.36 Å². The number of ether oxygens (including phenoxy) is 1. The lowest BCUT2D eigenvalue weighted by Crippen LogP contribution is -2.26. The van der Waals surface area contributed by atoms with E-state index in [1.54, 1.807) is 30.7 Å². The minimum absolute atomic E-state index is 0.161. The Morgan fingerprint density at radius 2 is 2.03 bits per heavy atom. The van der Waals surface area contributed by atoms with Crippen LogP contribution in [0.1, 0.15) is 11.3 Å². The monoisotopic (exact) mass is 399 g/mol. The molecule has 0 amide bonds. The molecule has 29 heavy (non-hydrogen) atoms. The Morgan fingerprint density at radius 1 is 1.17 bits per heavy atom. The van der Waals surface area contributed by atoms with Gasteiger partial charge in [-0.1, -0.05) is 18.2 Å². The van der Waals surface area contributed by atoms with Crippen LogP contribution in [0.15, 0.2) is 67.1 Å². The second kappa shape index (κ2) is 7.34. The Kier molecular flexibility index (Phi) is 4.71. The Hall–Kier alpha value is -3.75. The number of aromatic amines is 1. The van der Waals surface area contributed by atoms with Crippen molar-refractivity contribution in [2.75, 3.05) is 17.2 Å². The lowest BCUT2D eigenvalue weighted by Gasteiger charge is -2.31. The highest BCUT2D eigenvalue weighted by Gasteiger charge is 2.34. The summed E-state index contributed by atoms with van der Waals surface area (Å²) in [5.41, 5.74) is 8.59. The van der Waals surface area contributed by atoms with Crippen molar-refractivity contribution in [2.24, 2.45) is 0 Å². The van der Waals surface area contributed by atoms with Crippen LogP contribution in [-0.4, -0.2) is 28.1 Å². The van der Waals surface area contributed by atoms with Gasteiger partial charge in [-0.2, -0.15) is 5.10 Å². The fourth-order valence-corrected chi connectivity index (χ4v) is 3.18. The van der Waals surface area contributed by atoms with E-state index in [9.17, 15) is 13.2 Å². The average Bonchev–Trinajstić information content (AvgIpc) is 3.22. The second-order valence-corrected chi connectivity index (χ2v) is 6.25. The molecule has 1 aliphatic rings. The van der Waals surface area contributed by atoms with Gasteiger partial charge in [-0.05, 0) is 24.3 Å². The van der Waals surface area contributed by atoms with E-state index >= 15 is 0 Å². The van der Waals surface area contributed by atoms with Crippen LogP contribution in [-0.2, 0) is 0 Å². The maximum atomic E-state index is 13.1. The fraction of sp³-hybridized carbons (Fsp3) is 0.100. The first-order valence-corrected chi connectivity index (χ1v) is 8.66. The van der Waals surface area contributed by atoms with Gasteiger partial charge in [0.1, 0.15) is 5.75 Å². The number of hydrogen-bond donors (Lipinski definition) is 2. The number of pyridine rings is 1. The average molecular weight is 399 g/mol. The highest BCUT2D eigenvalue weighted by molar-refractivity contribution is 6.02. The fourth-order valence-electron chi connectivity index (χ4n) is 3.18. The van der Waals surface area contributed by atoms with Crippen LogP contribution in [0.5, 0.6) is 5.75 Å². The molecule has 0 aliphatic carbocycles. The van der Waals surface area contributed by atoms with Crippen LogP contribution in [0.4, 0.5) is 24.5 Å². The molecule has 2 aromatic heterocycles. The van der Waals surface area contributed by atoms with Crippen molar-refractivity contribution in [1.29, 1.82) is 0 Å². The van der Waals surface area contributed by atoms with Crippen molar-refractivity contribution in [1.82, 2.24) is 15.2 Å². The zero-order valence-corrected chi connectivity index (χ0v) is 15.0. The van der Waals surface area contributed by atoms with E-state index in [4.69, 9.17) is 5.73 Å². The summed E-state index contributed by atoms with van der Waals surface area (Å²) < 4.78 is 43.5. The summed E-state index contributed by atoms with van der Waals surface area (Å²) in [6.45, 7) is 0.432. The molecule has 0 bridgehead atoms. The SMILES string of the molecule is Nc1ccc(C2=C(c3ccccn3)C=CCN2c2cn[nH]c2)c(OC(F)(F)F)c1. The van der Waals surface area contributed by atoms with Crippen molar-refractivity contribution in [3.63, 3.8) is 0 Å². The third-order valence-electron chi connectivity index (χ3n) is 4.32. The molecule has 3 heterocycles. The molecule has 1 aromatic carbocycles. The number of H-pyrrole nitrogens is 1. The van der Waals surface area contributed by atoms with Crippen molar-refractivity contribution >= 4 is 22.6 Å². The van der Waals surface area contributed by atoms with E-state index in [2.05, 4.69) is 19.9 Å². The van der Waals surface area contributed by atoms with Gasteiger partial charge in [0, 0.05) is 41.8 Å². The molecule has 148 valence electrons. The number of nitrogens with zero attached hydrogens (tertiary/aromatic N) is 3. The number of nitrogen functional groups attached to an aromatic ring is 1. The molecular weight excluding hydrogens is 383 g/mol. The standard InChI is InChI=1S/C20H16F3N5O/c21-20(22,23)29-18-10-13(24)6-7-16(18)19-15(17-5-1-2-8-25-17)4-3-9-28(19)14-11-26-27-12-14/h1-8,10-12H,9,24H2,(H,26,27). The summed E-state index contributed by atoms with van der Waals surface area (Å²) in [5.74, 6) is -0.385. The maximum absolute atomic E-state index is 13.1. The summed E-state index contributed by atoms with van der Waals surface area (Å²) in [7, 11) is 0. The molecule has 3 N–H and O–H groups in total. The van der Waals surface area contributed by atoms with E-state index in [-0.39, 0.29) is 17.0 Å². The molecule has 0 saturated heterocycles. The van der Waals surface area contributed by atoms with E-state index in [1.807, 2.05) is 23.1 Å². The van der Waals surface area contributed by atoms with Crippen LogP contribution in [0.25, 0.3) is 11.3 Å². The van der Waals surface area contributed by atoms with Gasteiger partial charge in [0.05, 0.1) is 23.3 Å². The van der Waals surface area contributed by atoms with Crippen LogP contribution in [0, 0.1) is 0 Å². The second-order valence-electron chi connectivity index (χ2n) is 6.25. The molecule has 0 fully saturated rings. The Morgan fingerprint density at radius 3 is 2.72 bits per heavy atom. The summed E-state index contributed by atoms with van der Waals surface area (Å²) in [5, 5.41) is 6.69. The molecular formula is C20H16F3N5O. The number of alkyl halides is 3. The van der Waals surface area contributed by atoms with Gasteiger partial charge in [0.2, 0.25) is 0 Å². The van der Waals surface area contributed by atoms with Gasteiger partial charge in [0.25, 0.3) is 0 Å². The zero-order chi connectivity index (χ0) is 20.4. The number of nitrogens with one attached hydrogen (secondary N) is 1. The lowest BCUT2D eigenvalue weighted by atomic mass is 9.97. The molecule has 6 nitrogen and oxygen atoms in total. The molecule has 0 radical (unpaired) electrons. The minimum atomic E-state index is -4.86. The number of allylic oxidation sites excluding steroid dienone is 2. The van der Waals surface area contributed by atoms with E-state index in [1.165, 1.54) is 12.1 Å². The number of benzene rings is 1. The highest BCUT2D eigenvalue weighted by Crippen LogP contribution is 2.41. The lowest BCUT2D eigenvalue weighted by molar-refractivity contribution is -0.274. The molecule has 3 aromatic rings. The van der Waals surface area contributed by atoms with Crippen molar-refractivity contribution in [3.05, 3.63) is 78.4 Å². The van der Waals surface area contributed by atoms with E-state index in [0.29, 0.717) is 29.2 Å². The first-order chi connectivity index (χ1) is 13.9. The highest BCUT2D eigenvalue weighted by atomic mass is 19.4. The number of anilines is 2. The molecule has 0 spiro atoms. The van der Waals surface area contributed by atoms with Crippen molar-refractivity contribution in [2.45, 2.75) is 6.36 Å². The van der Waals surface area contributed by atoms with Gasteiger partial charge in [-0.15, -0.1) is 13.2 Å². The third kappa shape index (κ3) is 3.93.